The van der Waals surface area contributed by atoms with Crippen LogP contribution in [-0.4, -0.2) is 44.1 Å². The molecule has 1 aromatic heterocycles. The second kappa shape index (κ2) is 11.0. The third-order valence-electron chi connectivity index (χ3n) is 3.88. The molecular weight excluding hydrogens is 399 g/mol. The number of phosphoric ester groups is 1. The molecule has 2 aromatic rings. The van der Waals surface area contributed by atoms with Crippen molar-refractivity contribution in [1.29, 1.82) is 0 Å². The molecule has 1 heterocycles. The van der Waals surface area contributed by atoms with Crippen molar-refractivity contribution in [3.8, 4) is 17.2 Å². The Labute approximate surface area is 170 Å². The molecule has 0 spiro atoms. The Morgan fingerprint density at radius 2 is 1.72 bits per heavy atom. The maximum atomic E-state index is 12.7. The first-order valence-corrected chi connectivity index (χ1v) is 10.6. The number of nitrogens with zero attached hydrogens (tertiary/aromatic N) is 1. The Morgan fingerprint density at radius 1 is 1.10 bits per heavy atom. The average Bonchev–Trinajstić information content (AvgIpc) is 2.72. The van der Waals surface area contributed by atoms with Gasteiger partial charge in [-0.3, -0.25) is 18.6 Å². The SMILES string of the molecule is CCOP(=O)(OCC)OCC(Nc1cccnc1)c1cc(OC)c(O)c(OC)c1. The predicted molar refractivity (Wildman–Crippen MR) is 109 cm³/mol. The summed E-state index contributed by atoms with van der Waals surface area (Å²) in [5.41, 5.74) is 1.38. The van der Waals surface area contributed by atoms with Gasteiger partial charge in [0.1, 0.15) is 0 Å². The average molecular weight is 426 g/mol. The van der Waals surface area contributed by atoms with E-state index in [9.17, 15) is 9.67 Å². The minimum atomic E-state index is -3.71. The van der Waals surface area contributed by atoms with E-state index in [1.54, 1.807) is 44.4 Å². The Bertz CT molecular complexity index is 784. The highest BCUT2D eigenvalue weighted by Crippen LogP contribution is 2.50. The van der Waals surface area contributed by atoms with E-state index in [0.29, 0.717) is 5.56 Å². The molecule has 9 nitrogen and oxygen atoms in total. The number of nitrogens with one attached hydrogen (secondary N) is 1. The lowest BCUT2D eigenvalue weighted by atomic mass is 10.1. The molecule has 160 valence electrons. The number of ether oxygens (including phenoxy) is 2. The Balaban J connectivity index is 2.36. The molecule has 0 aliphatic rings. The van der Waals surface area contributed by atoms with Gasteiger partial charge < -0.3 is 19.9 Å². The second-order valence-corrected chi connectivity index (χ2v) is 7.46. The van der Waals surface area contributed by atoms with E-state index in [1.807, 2.05) is 6.07 Å². The topological polar surface area (TPSA) is 108 Å². The van der Waals surface area contributed by atoms with Gasteiger partial charge in [-0.25, -0.2) is 4.57 Å². The van der Waals surface area contributed by atoms with Gasteiger partial charge in [0.2, 0.25) is 5.75 Å². The summed E-state index contributed by atoms with van der Waals surface area (Å²) in [5, 5.41) is 13.4. The van der Waals surface area contributed by atoms with Crippen molar-refractivity contribution in [1.82, 2.24) is 4.98 Å². The number of phosphoric acid groups is 1. The Hall–Kier alpha value is -2.32. The van der Waals surface area contributed by atoms with Crippen LogP contribution >= 0.6 is 7.82 Å². The van der Waals surface area contributed by atoms with Crippen molar-refractivity contribution in [2.45, 2.75) is 19.9 Å². The third kappa shape index (κ3) is 6.33. The van der Waals surface area contributed by atoms with Crippen LogP contribution in [-0.2, 0) is 18.1 Å². The molecule has 0 saturated heterocycles. The second-order valence-electron chi connectivity index (χ2n) is 5.79. The standard InChI is InChI=1S/C19H27N2O7P/c1-5-26-29(23,27-6-2)28-13-16(21-15-8-7-9-20-12-15)14-10-17(24-3)19(22)18(11-14)25-4/h7-12,16,21-22H,5-6,13H2,1-4H3. The number of anilines is 1. The van der Waals surface area contributed by atoms with Crippen molar-refractivity contribution in [3.05, 3.63) is 42.2 Å². The Morgan fingerprint density at radius 3 is 2.21 bits per heavy atom. The minimum Gasteiger partial charge on any atom is -0.502 e. The quantitative estimate of drug-likeness (QED) is 0.484. The molecule has 0 bridgehead atoms. The van der Waals surface area contributed by atoms with Crippen LogP contribution < -0.4 is 14.8 Å². The summed E-state index contributed by atoms with van der Waals surface area (Å²) in [4.78, 5) is 4.08. The summed E-state index contributed by atoms with van der Waals surface area (Å²) in [5.74, 6) is 0.347. The molecule has 1 aromatic carbocycles. The first-order chi connectivity index (χ1) is 14.0. The fourth-order valence-corrected chi connectivity index (χ4v) is 3.77. The molecule has 0 fully saturated rings. The van der Waals surface area contributed by atoms with Crippen LogP contribution in [0.2, 0.25) is 0 Å². The van der Waals surface area contributed by atoms with E-state index in [-0.39, 0.29) is 37.1 Å². The fourth-order valence-electron chi connectivity index (χ4n) is 2.58. The summed E-state index contributed by atoms with van der Waals surface area (Å²) in [6, 6.07) is 6.39. The van der Waals surface area contributed by atoms with Gasteiger partial charge in [0.25, 0.3) is 0 Å². The van der Waals surface area contributed by atoms with Gasteiger partial charge in [0, 0.05) is 12.4 Å². The van der Waals surface area contributed by atoms with Crippen LogP contribution in [0.3, 0.4) is 0 Å². The molecule has 0 saturated carbocycles. The smallest absolute Gasteiger partial charge is 0.474 e. The van der Waals surface area contributed by atoms with Crippen LogP contribution in [0.4, 0.5) is 5.69 Å². The lowest BCUT2D eigenvalue weighted by Crippen LogP contribution is -2.18. The van der Waals surface area contributed by atoms with E-state index >= 15 is 0 Å². The van der Waals surface area contributed by atoms with Crippen molar-refractivity contribution < 1.29 is 32.7 Å². The maximum absolute atomic E-state index is 12.7. The van der Waals surface area contributed by atoms with Gasteiger partial charge in [-0.2, -0.15) is 0 Å². The minimum absolute atomic E-state index is 0.0523. The zero-order chi connectivity index (χ0) is 21.3. The molecule has 2 N–H and O–H groups in total. The highest BCUT2D eigenvalue weighted by Gasteiger charge is 2.28. The molecule has 1 atom stereocenters. The summed E-state index contributed by atoms with van der Waals surface area (Å²) < 4.78 is 39.1. The third-order valence-corrected chi connectivity index (χ3v) is 5.49. The number of hydrogen-bond donors (Lipinski definition) is 2. The normalized spacial score (nSPS) is 12.4. The van der Waals surface area contributed by atoms with E-state index in [4.69, 9.17) is 23.0 Å². The van der Waals surface area contributed by atoms with Crippen LogP contribution in [0.25, 0.3) is 0 Å². The summed E-state index contributed by atoms with van der Waals surface area (Å²) in [6.45, 7) is 3.72. The van der Waals surface area contributed by atoms with Crippen LogP contribution in [0, 0.1) is 0 Å². The zero-order valence-corrected chi connectivity index (χ0v) is 17.8. The molecule has 0 radical (unpaired) electrons. The number of aromatic nitrogens is 1. The van der Waals surface area contributed by atoms with E-state index in [1.165, 1.54) is 14.2 Å². The number of phenolic OH excluding ortho intramolecular Hbond substituents is 1. The van der Waals surface area contributed by atoms with Gasteiger partial charge >= 0.3 is 7.82 Å². The predicted octanol–water partition coefficient (Wildman–Crippen LogP) is 4.16. The molecule has 29 heavy (non-hydrogen) atoms. The molecule has 0 amide bonds. The maximum Gasteiger partial charge on any atom is 0.474 e. The number of pyridine rings is 1. The number of hydrogen-bond acceptors (Lipinski definition) is 9. The van der Waals surface area contributed by atoms with E-state index in [0.717, 1.165) is 5.69 Å². The van der Waals surface area contributed by atoms with Crippen LogP contribution in [0.5, 0.6) is 17.2 Å². The van der Waals surface area contributed by atoms with E-state index < -0.39 is 13.9 Å². The molecule has 0 aliphatic heterocycles. The van der Waals surface area contributed by atoms with Crippen LogP contribution in [0.1, 0.15) is 25.5 Å². The van der Waals surface area contributed by atoms with Crippen molar-refractivity contribution >= 4 is 13.5 Å². The number of aromatic hydroxyl groups is 1. The van der Waals surface area contributed by atoms with Gasteiger partial charge in [-0.15, -0.1) is 0 Å². The monoisotopic (exact) mass is 426 g/mol. The highest BCUT2D eigenvalue weighted by molar-refractivity contribution is 7.48. The van der Waals surface area contributed by atoms with Gasteiger partial charge in [0.15, 0.2) is 11.5 Å². The van der Waals surface area contributed by atoms with Gasteiger partial charge in [-0.1, -0.05) is 0 Å². The molecule has 2 rings (SSSR count). The summed E-state index contributed by atoms with van der Waals surface area (Å²) >= 11 is 0. The van der Waals surface area contributed by atoms with Crippen molar-refractivity contribution in [2.75, 3.05) is 39.4 Å². The molecule has 0 aliphatic carbocycles. The van der Waals surface area contributed by atoms with Crippen molar-refractivity contribution in [3.63, 3.8) is 0 Å². The first kappa shape index (κ1) is 23.0. The zero-order valence-electron chi connectivity index (χ0n) is 17.0. The highest BCUT2D eigenvalue weighted by atomic mass is 31.2. The van der Waals surface area contributed by atoms with Crippen LogP contribution in [0.15, 0.2) is 36.7 Å². The first-order valence-electron chi connectivity index (χ1n) is 9.11. The fraction of sp³-hybridized carbons (Fsp3) is 0.421. The van der Waals surface area contributed by atoms with E-state index in [2.05, 4.69) is 10.3 Å². The number of phenols is 1. The molecule has 10 heteroatoms. The van der Waals surface area contributed by atoms with Gasteiger partial charge in [-0.05, 0) is 43.7 Å². The summed E-state index contributed by atoms with van der Waals surface area (Å²) in [6.07, 6.45) is 3.30. The van der Waals surface area contributed by atoms with Crippen molar-refractivity contribution in [2.24, 2.45) is 0 Å². The molecule has 1 unspecified atom stereocenters. The largest absolute Gasteiger partial charge is 0.502 e. The number of methoxy groups -OCH3 is 2. The number of rotatable bonds is 12. The lowest BCUT2D eigenvalue weighted by Gasteiger charge is -2.24. The number of benzene rings is 1. The summed E-state index contributed by atoms with van der Waals surface area (Å²) in [7, 11) is -0.831. The van der Waals surface area contributed by atoms with Gasteiger partial charge in [0.05, 0.1) is 45.8 Å². The molecular formula is C19H27N2O7P. The lowest BCUT2D eigenvalue weighted by molar-refractivity contribution is 0.118. The Kier molecular flexibility index (Phi) is 8.72.